The smallest absolute Gasteiger partial charge is 0.274 e. The first-order chi connectivity index (χ1) is 17.4. The van der Waals surface area contributed by atoms with Crippen molar-refractivity contribution in [2.24, 2.45) is 0 Å². The average molecular weight is 496 g/mol. The first-order valence-electron chi connectivity index (χ1n) is 12.6. The van der Waals surface area contributed by atoms with E-state index in [-0.39, 0.29) is 34.8 Å². The molecule has 8 nitrogen and oxygen atoms in total. The maximum absolute atomic E-state index is 12.8. The van der Waals surface area contributed by atoms with Gasteiger partial charge in [0.25, 0.3) is 5.91 Å². The number of hydrogen-bond donors (Lipinski definition) is 3. The molecular weight excluding hydrogens is 458 g/mol. The number of phenolic OH excluding ortho intramolecular Hbond substituents is 2. The number of hydrogen-bond acceptors (Lipinski definition) is 7. The quantitative estimate of drug-likeness (QED) is 0.416. The molecule has 194 valence electrons. The van der Waals surface area contributed by atoms with Crippen molar-refractivity contribution in [1.82, 2.24) is 15.4 Å². The third kappa shape index (κ3) is 6.06. The van der Waals surface area contributed by atoms with Crippen molar-refractivity contribution in [1.29, 1.82) is 0 Å². The second-order valence-corrected chi connectivity index (χ2v) is 8.76. The number of aromatic nitrogens is 1. The fraction of sp³-hybridized carbons (Fsp3) is 0.429. The monoisotopic (exact) mass is 495 g/mol. The van der Waals surface area contributed by atoms with Crippen LogP contribution in [0.15, 0.2) is 40.9 Å². The Balaban J connectivity index is 0.00000176. The van der Waals surface area contributed by atoms with Crippen molar-refractivity contribution in [3.63, 3.8) is 0 Å². The van der Waals surface area contributed by atoms with Gasteiger partial charge in [-0.2, -0.15) is 0 Å². The van der Waals surface area contributed by atoms with Crippen molar-refractivity contribution in [3.8, 4) is 33.9 Å². The van der Waals surface area contributed by atoms with E-state index in [0.29, 0.717) is 23.2 Å². The number of morpholine rings is 1. The van der Waals surface area contributed by atoms with Gasteiger partial charge in [-0.05, 0) is 35.6 Å². The van der Waals surface area contributed by atoms with E-state index in [1.165, 1.54) is 6.07 Å². The summed E-state index contributed by atoms with van der Waals surface area (Å²) in [7, 11) is 0. The Bertz CT molecular complexity index is 1150. The molecule has 2 aromatic carbocycles. The molecule has 1 aliphatic rings. The standard InChI is InChI=1S/C26H31N3O5.C2H6/c1-4-27-26(32)24-23(18-7-5-17(6-8-18)15-29-9-11-33-12-10-29)25(34-28-24)20-13-19(16(2)3)21(30)14-22(20)31;1-2/h5-8,13-14,16,30-31H,4,9-12,15H2,1-3H3,(H,27,32);1-2H3. The summed E-state index contributed by atoms with van der Waals surface area (Å²) in [6.07, 6.45) is 0. The van der Waals surface area contributed by atoms with E-state index in [1.54, 1.807) is 6.07 Å². The van der Waals surface area contributed by atoms with Gasteiger partial charge in [-0.25, -0.2) is 0 Å². The molecule has 3 N–H and O–H groups in total. The van der Waals surface area contributed by atoms with Gasteiger partial charge in [0.2, 0.25) is 0 Å². The molecule has 1 aromatic heterocycles. The summed E-state index contributed by atoms with van der Waals surface area (Å²) in [5.41, 5.74) is 3.59. The summed E-state index contributed by atoms with van der Waals surface area (Å²) in [5.74, 6) is -0.193. The first kappa shape index (κ1) is 27.2. The van der Waals surface area contributed by atoms with E-state index in [2.05, 4.69) is 15.4 Å². The van der Waals surface area contributed by atoms with Crippen LogP contribution in [-0.4, -0.2) is 59.0 Å². The zero-order chi connectivity index (χ0) is 26.2. The second kappa shape index (κ2) is 12.6. The minimum Gasteiger partial charge on any atom is -0.508 e. The fourth-order valence-electron chi connectivity index (χ4n) is 4.17. The Hall–Kier alpha value is -3.36. The molecule has 0 atom stereocenters. The van der Waals surface area contributed by atoms with Gasteiger partial charge >= 0.3 is 0 Å². The Morgan fingerprint density at radius 1 is 1.08 bits per heavy atom. The van der Waals surface area contributed by atoms with Crippen LogP contribution in [0.25, 0.3) is 22.5 Å². The Morgan fingerprint density at radius 3 is 2.36 bits per heavy atom. The Kier molecular flexibility index (Phi) is 9.50. The van der Waals surface area contributed by atoms with Crippen LogP contribution in [0.3, 0.4) is 0 Å². The molecule has 1 amide bonds. The molecule has 1 aliphatic heterocycles. The average Bonchev–Trinajstić information content (AvgIpc) is 3.31. The van der Waals surface area contributed by atoms with E-state index in [1.807, 2.05) is 58.9 Å². The molecular formula is C28H37N3O5. The highest BCUT2D eigenvalue weighted by Gasteiger charge is 2.27. The summed E-state index contributed by atoms with van der Waals surface area (Å²) >= 11 is 0. The number of nitrogens with zero attached hydrogens (tertiary/aromatic N) is 2. The van der Waals surface area contributed by atoms with Crippen molar-refractivity contribution in [2.75, 3.05) is 32.8 Å². The van der Waals surface area contributed by atoms with E-state index in [4.69, 9.17) is 9.26 Å². The first-order valence-corrected chi connectivity index (χ1v) is 12.6. The molecule has 1 fully saturated rings. The molecule has 2 heterocycles. The zero-order valence-corrected chi connectivity index (χ0v) is 21.8. The predicted molar refractivity (Wildman–Crippen MR) is 140 cm³/mol. The number of benzene rings is 2. The van der Waals surface area contributed by atoms with Crippen molar-refractivity contribution in [3.05, 3.63) is 53.2 Å². The number of nitrogens with one attached hydrogen (secondary N) is 1. The topological polar surface area (TPSA) is 108 Å². The largest absolute Gasteiger partial charge is 0.508 e. The molecule has 36 heavy (non-hydrogen) atoms. The molecule has 8 heteroatoms. The van der Waals surface area contributed by atoms with E-state index in [9.17, 15) is 15.0 Å². The Morgan fingerprint density at radius 2 is 1.75 bits per heavy atom. The molecule has 0 bridgehead atoms. The third-order valence-electron chi connectivity index (χ3n) is 6.01. The highest BCUT2D eigenvalue weighted by molar-refractivity contribution is 6.02. The second-order valence-electron chi connectivity index (χ2n) is 8.76. The SMILES string of the molecule is CC.CCNC(=O)c1noc(-c2cc(C(C)C)c(O)cc2O)c1-c1ccc(CN2CCOCC2)cc1. The number of carbonyl (C=O) groups excluding carboxylic acids is 1. The molecule has 0 spiro atoms. The molecule has 0 unspecified atom stereocenters. The van der Waals surface area contributed by atoms with Crippen LogP contribution in [0.4, 0.5) is 0 Å². The maximum atomic E-state index is 12.8. The van der Waals surface area contributed by atoms with Gasteiger partial charge in [-0.15, -0.1) is 0 Å². The maximum Gasteiger partial charge on any atom is 0.274 e. The molecule has 0 aliphatic carbocycles. The lowest BCUT2D eigenvalue weighted by atomic mass is 9.94. The minimum absolute atomic E-state index is 0.00808. The number of ether oxygens (including phenoxy) is 1. The van der Waals surface area contributed by atoms with Crippen molar-refractivity contribution in [2.45, 2.75) is 47.1 Å². The summed E-state index contributed by atoms with van der Waals surface area (Å²) in [6, 6.07) is 10.9. The summed E-state index contributed by atoms with van der Waals surface area (Å²) < 4.78 is 11.1. The highest BCUT2D eigenvalue weighted by Crippen LogP contribution is 2.43. The highest BCUT2D eigenvalue weighted by atomic mass is 16.5. The normalized spacial score (nSPS) is 13.8. The van der Waals surface area contributed by atoms with Gasteiger partial charge in [0.1, 0.15) is 11.5 Å². The van der Waals surface area contributed by atoms with Crippen LogP contribution in [-0.2, 0) is 11.3 Å². The molecule has 0 saturated carbocycles. The van der Waals surface area contributed by atoms with Gasteiger partial charge in [0, 0.05) is 32.2 Å². The number of phenols is 2. The van der Waals surface area contributed by atoms with Crippen LogP contribution in [0, 0.1) is 0 Å². The lowest BCUT2D eigenvalue weighted by molar-refractivity contribution is 0.0342. The zero-order valence-electron chi connectivity index (χ0n) is 21.8. The fourth-order valence-corrected chi connectivity index (χ4v) is 4.17. The van der Waals surface area contributed by atoms with Crippen molar-refractivity contribution < 1.29 is 24.3 Å². The van der Waals surface area contributed by atoms with Gasteiger partial charge in [-0.1, -0.05) is 57.1 Å². The lowest BCUT2D eigenvalue weighted by Gasteiger charge is -2.26. The van der Waals surface area contributed by atoms with E-state index >= 15 is 0 Å². The van der Waals surface area contributed by atoms with Crippen molar-refractivity contribution >= 4 is 5.91 Å². The van der Waals surface area contributed by atoms with Crippen LogP contribution in [0.2, 0.25) is 0 Å². The van der Waals surface area contributed by atoms with Gasteiger partial charge in [0.15, 0.2) is 11.5 Å². The van der Waals surface area contributed by atoms with Crippen LogP contribution in [0.5, 0.6) is 11.5 Å². The Labute approximate surface area is 212 Å². The number of carbonyl (C=O) groups is 1. The van der Waals surface area contributed by atoms with Crippen LogP contribution >= 0.6 is 0 Å². The summed E-state index contributed by atoms with van der Waals surface area (Å²) in [6.45, 7) is 14.3. The van der Waals surface area contributed by atoms with Crippen LogP contribution < -0.4 is 5.32 Å². The molecule has 3 aromatic rings. The third-order valence-corrected chi connectivity index (χ3v) is 6.01. The lowest BCUT2D eigenvalue weighted by Crippen LogP contribution is -2.35. The summed E-state index contributed by atoms with van der Waals surface area (Å²) in [4.78, 5) is 15.1. The number of rotatable bonds is 7. The summed E-state index contributed by atoms with van der Waals surface area (Å²) in [5, 5.41) is 27.7. The van der Waals surface area contributed by atoms with Crippen LogP contribution in [0.1, 0.15) is 62.2 Å². The van der Waals surface area contributed by atoms with Gasteiger partial charge in [-0.3, -0.25) is 9.69 Å². The molecule has 1 saturated heterocycles. The van der Waals surface area contributed by atoms with Gasteiger partial charge < -0.3 is 24.8 Å². The predicted octanol–water partition coefficient (Wildman–Crippen LogP) is 5.15. The molecule has 4 rings (SSSR count). The number of amides is 1. The minimum atomic E-state index is -0.354. The van der Waals surface area contributed by atoms with E-state index < -0.39 is 0 Å². The number of aromatic hydroxyl groups is 2. The van der Waals surface area contributed by atoms with Gasteiger partial charge in [0.05, 0.1) is 24.3 Å². The molecule has 0 radical (unpaired) electrons. The van der Waals surface area contributed by atoms with E-state index in [0.717, 1.165) is 44.0 Å².